The van der Waals surface area contributed by atoms with Gasteiger partial charge in [0.05, 0.1) is 6.54 Å². The van der Waals surface area contributed by atoms with E-state index in [9.17, 15) is 0 Å². The van der Waals surface area contributed by atoms with E-state index in [2.05, 4.69) is 43.5 Å². The Morgan fingerprint density at radius 3 is 2.53 bits per heavy atom. The molecule has 0 aliphatic carbocycles. The molecule has 1 nitrogen and oxygen atoms in total. The molecule has 0 atom stereocenters. The van der Waals surface area contributed by atoms with E-state index in [1.807, 2.05) is 0 Å². The van der Waals surface area contributed by atoms with Crippen LogP contribution in [0, 0.1) is 17.8 Å². The van der Waals surface area contributed by atoms with Crippen LogP contribution in [0.25, 0.3) is 0 Å². The van der Waals surface area contributed by atoms with E-state index in [1.54, 1.807) is 0 Å². The first kappa shape index (κ1) is 12.8. The normalized spacial score (nSPS) is 26.5. The van der Waals surface area contributed by atoms with Gasteiger partial charge in [-0.2, -0.15) is 10.5 Å². The third-order valence-electron chi connectivity index (χ3n) is 2.82. The predicted molar refractivity (Wildman–Crippen MR) is 72.7 cm³/mol. The zero-order chi connectivity index (χ0) is 11.3. The van der Waals surface area contributed by atoms with Crippen molar-refractivity contribution < 1.29 is 0 Å². The lowest BCUT2D eigenvalue weighted by Crippen LogP contribution is -2.35. The Balaban J connectivity index is 2.32. The summed E-state index contributed by atoms with van der Waals surface area (Å²) in [5, 5.41) is 0. The third kappa shape index (κ3) is 4.86. The summed E-state index contributed by atoms with van der Waals surface area (Å²) in [4.78, 5) is 2.41. The molecule has 0 N–H and O–H groups in total. The minimum Gasteiger partial charge on any atom is -0.292 e. The molecule has 0 bridgehead atoms. The van der Waals surface area contributed by atoms with Crippen LogP contribution in [0.3, 0.4) is 0 Å². The first-order valence-corrected chi connectivity index (χ1v) is 7.48. The quantitative estimate of drug-likeness (QED) is 0.515. The van der Waals surface area contributed by atoms with E-state index in [-0.39, 0.29) is 0 Å². The summed E-state index contributed by atoms with van der Waals surface area (Å²) < 4.78 is 0. The fourth-order valence-corrected chi connectivity index (χ4v) is 3.21. The first-order valence-electron chi connectivity index (χ1n) is 5.75. The molecule has 0 aromatic carbocycles. The Morgan fingerprint density at radius 1 is 1.40 bits per heavy atom. The van der Waals surface area contributed by atoms with Crippen LogP contribution < -0.4 is 0 Å². The van der Waals surface area contributed by atoms with Gasteiger partial charge in [-0.15, -0.1) is 0 Å². The van der Waals surface area contributed by atoms with Gasteiger partial charge in [0.1, 0.15) is 0 Å². The minimum atomic E-state index is 0.447. The molecule has 15 heavy (non-hydrogen) atoms. The molecule has 1 saturated heterocycles. The van der Waals surface area contributed by atoms with E-state index >= 15 is 0 Å². The first-order chi connectivity index (χ1) is 7.09. The maximum absolute atomic E-state index is 4.16. The van der Waals surface area contributed by atoms with Gasteiger partial charge in [0.25, 0.3) is 0 Å². The zero-order valence-electron chi connectivity index (χ0n) is 10.3. The second-order valence-electron chi connectivity index (χ2n) is 4.64. The lowest BCUT2D eigenvalue weighted by Gasteiger charge is -2.31. The fraction of sp³-hybridized carbons (Fsp3) is 0.769. The molecule has 0 unspecified atom stereocenters. The average Bonchev–Trinajstić information content (AvgIpc) is 2.18. The predicted octanol–water partition coefficient (Wildman–Crippen LogP) is 2.44. The number of hydrogen-bond donors (Lipinski definition) is 0. The second kappa shape index (κ2) is 6.35. The van der Waals surface area contributed by atoms with E-state index in [1.165, 1.54) is 24.3 Å². The molecule has 1 fully saturated rings. The Bertz CT molecular complexity index is 262. The van der Waals surface area contributed by atoms with Crippen LogP contribution in [0.5, 0.6) is 0 Å². The molecular weight excluding hydrogens is 202 g/mol. The van der Waals surface area contributed by atoms with Crippen LogP contribution in [0.4, 0.5) is 0 Å². The maximum atomic E-state index is 4.16. The molecular formula is C13H23NS. The van der Waals surface area contributed by atoms with Crippen molar-refractivity contribution in [3.05, 3.63) is 0 Å². The summed E-state index contributed by atoms with van der Waals surface area (Å²) in [7, 11) is 2.65. The molecule has 1 rings (SSSR count). The fourth-order valence-electron chi connectivity index (χ4n) is 1.80. The molecule has 1 aliphatic heterocycles. The Morgan fingerprint density at radius 2 is 2.00 bits per heavy atom. The number of hydrogen-bond acceptors (Lipinski definition) is 1. The van der Waals surface area contributed by atoms with Crippen LogP contribution in [-0.2, 0) is 0 Å². The van der Waals surface area contributed by atoms with Crippen molar-refractivity contribution in [2.75, 3.05) is 25.1 Å². The molecule has 0 aromatic rings. The van der Waals surface area contributed by atoms with Crippen LogP contribution in [0.15, 0.2) is 0 Å². The summed E-state index contributed by atoms with van der Waals surface area (Å²) in [6.45, 7) is 5.21. The Hall–Kier alpha value is -0.260. The van der Waals surface area contributed by atoms with Gasteiger partial charge in [0, 0.05) is 12.0 Å². The largest absolute Gasteiger partial charge is 0.292 e. The summed E-state index contributed by atoms with van der Waals surface area (Å²) in [5.41, 5.74) is 0. The molecule has 86 valence electrons. The van der Waals surface area contributed by atoms with Gasteiger partial charge in [-0.1, -0.05) is 31.6 Å². The minimum absolute atomic E-state index is 0.447. The molecule has 0 aromatic heterocycles. The van der Waals surface area contributed by atoms with Crippen molar-refractivity contribution >= 4 is 16.4 Å². The monoisotopic (exact) mass is 225 g/mol. The summed E-state index contributed by atoms with van der Waals surface area (Å²) in [6, 6.07) is 0.747. The molecule has 1 aliphatic rings. The molecule has 0 radical (unpaired) electrons. The Kier molecular flexibility index (Phi) is 5.42. The maximum Gasteiger partial charge on any atom is 0.0601 e. The topological polar surface area (TPSA) is 3.24 Å². The van der Waals surface area contributed by atoms with E-state index in [0.29, 0.717) is 16.4 Å². The smallest absolute Gasteiger partial charge is 0.0601 e. The summed E-state index contributed by atoms with van der Waals surface area (Å²) >= 11 is 0. The van der Waals surface area contributed by atoms with Crippen LogP contribution in [0.1, 0.15) is 26.7 Å². The van der Waals surface area contributed by atoms with Crippen molar-refractivity contribution in [3.63, 3.8) is 0 Å². The SMILES string of the molecule is C=S1CCC(N(C)CC#CC(C)C)CC1. The molecule has 1 heterocycles. The van der Waals surface area contributed by atoms with Gasteiger partial charge < -0.3 is 0 Å². The highest BCUT2D eigenvalue weighted by atomic mass is 32.2. The van der Waals surface area contributed by atoms with Gasteiger partial charge >= 0.3 is 0 Å². The highest BCUT2D eigenvalue weighted by Gasteiger charge is 2.18. The van der Waals surface area contributed by atoms with Crippen LogP contribution in [0.2, 0.25) is 0 Å². The number of nitrogens with zero attached hydrogens (tertiary/aromatic N) is 1. The molecule has 0 saturated carbocycles. The highest BCUT2D eigenvalue weighted by Crippen LogP contribution is 2.24. The van der Waals surface area contributed by atoms with Gasteiger partial charge in [-0.05, 0) is 31.4 Å². The van der Waals surface area contributed by atoms with Crippen molar-refractivity contribution in [1.82, 2.24) is 4.90 Å². The van der Waals surface area contributed by atoms with Crippen molar-refractivity contribution in [2.24, 2.45) is 5.92 Å². The van der Waals surface area contributed by atoms with Crippen molar-refractivity contribution in [1.29, 1.82) is 0 Å². The molecule has 0 spiro atoms. The zero-order valence-corrected chi connectivity index (χ0v) is 11.1. The second-order valence-corrected chi connectivity index (χ2v) is 6.68. The number of rotatable bonds is 2. The average molecular weight is 225 g/mol. The van der Waals surface area contributed by atoms with E-state index in [4.69, 9.17) is 0 Å². The molecule has 2 heteroatoms. The third-order valence-corrected chi connectivity index (χ3v) is 4.45. The van der Waals surface area contributed by atoms with Crippen molar-refractivity contribution in [3.8, 4) is 11.8 Å². The van der Waals surface area contributed by atoms with Crippen LogP contribution >= 0.6 is 10.5 Å². The summed E-state index contributed by atoms with van der Waals surface area (Å²) in [5.74, 6) is 13.8. The molecule has 0 amide bonds. The van der Waals surface area contributed by atoms with E-state index in [0.717, 1.165) is 12.6 Å². The lowest BCUT2D eigenvalue weighted by atomic mass is 10.1. The van der Waals surface area contributed by atoms with Crippen LogP contribution in [-0.4, -0.2) is 41.9 Å². The standard InChI is InChI=1S/C13H23NS/c1-12(2)6-5-9-14(3)13-7-10-15(4)11-8-13/h12-13H,4,7-11H2,1-3H3. The van der Waals surface area contributed by atoms with E-state index < -0.39 is 0 Å². The van der Waals surface area contributed by atoms with Gasteiger partial charge in [0.2, 0.25) is 0 Å². The lowest BCUT2D eigenvalue weighted by molar-refractivity contribution is 0.255. The van der Waals surface area contributed by atoms with Gasteiger partial charge in [-0.25, -0.2) is 0 Å². The Labute approximate surface area is 97.2 Å². The highest BCUT2D eigenvalue weighted by molar-refractivity contribution is 8.14. The van der Waals surface area contributed by atoms with Gasteiger partial charge in [-0.3, -0.25) is 4.90 Å². The van der Waals surface area contributed by atoms with Gasteiger partial charge in [0.15, 0.2) is 0 Å². The summed E-state index contributed by atoms with van der Waals surface area (Å²) in [6.07, 6.45) is 2.62. The van der Waals surface area contributed by atoms with Crippen molar-refractivity contribution in [2.45, 2.75) is 32.7 Å².